The molecule has 0 unspecified atom stereocenters. The number of aromatic amines is 4. The maximum Gasteiger partial charge on any atom is 0.328 e. The van der Waals surface area contributed by atoms with Gasteiger partial charge in [0, 0.05) is 57.0 Å². The molecule has 4 heterocycles. The lowest BCUT2D eigenvalue weighted by atomic mass is 10.0. The summed E-state index contributed by atoms with van der Waals surface area (Å²) < 4.78 is 0. The Morgan fingerprint density at radius 1 is 0.489 bits per heavy atom. The van der Waals surface area contributed by atoms with E-state index in [-0.39, 0.29) is 88.4 Å². The lowest BCUT2D eigenvalue weighted by molar-refractivity contribution is -0.145. The van der Waals surface area contributed by atoms with Crippen LogP contribution in [-0.2, 0) is 73.6 Å². The molecule has 0 fully saturated rings. The number of aliphatic carboxylic acids is 1. The summed E-state index contributed by atoms with van der Waals surface area (Å²) in [6.45, 7) is 7.50. The highest BCUT2D eigenvalue weighted by Crippen LogP contribution is 2.13. The predicted molar refractivity (Wildman–Crippen MR) is 322 cm³/mol. The Bertz CT molecular complexity index is 2910. The molecule has 11 atom stereocenters. The Labute approximate surface area is 518 Å². The number of carboxylic acids is 1. The van der Waals surface area contributed by atoms with Crippen molar-refractivity contribution >= 4 is 65.1 Å². The van der Waals surface area contributed by atoms with E-state index in [0.717, 1.165) is 6.92 Å². The van der Waals surface area contributed by atoms with Gasteiger partial charge in [-0.25, -0.2) is 24.7 Å². The number of aromatic nitrogens is 8. The molecule has 0 aliphatic carbocycles. The highest BCUT2D eigenvalue weighted by molar-refractivity contribution is 5.99. The average Bonchev–Trinajstić information content (AvgIpc) is 1.50. The van der Waals surface area contributed by atoms with Gasteiger partial charge in [0.25, 0.3) is 0 Å². The van der Waals surface area contributed by atoms with Gasteiger partial charge in [0.05, 0.1) is 66.8 Å². The molecule has 35 nitrogen and oxygen atoms in total. The van der Waals surface area contributed by atoms with Crippen molar-refractivity contribution in [3.8, 4) is 0 Å². The third-order valence-electron chi connectivity index (χ3n) is 13.9. The van der Waals surface area contributed by atoms with Crippen LogP contribution in [0.5, 0.6) is 0 Å². The van der Waals surface area contributed by atoms with Crippen molar-refractivity contribution in [3.05, 3.63) is 72.9 Å². The molecule has 0 radical (unpaired) electrons. The highest BCUT2D eigenvalue weighted by Gasteiger charge is 2.37. The summed E-state index contributed by atoms with van der Waals surface area (Å²) in [5.74, 6) is -10.4. The second-order valence-corrected chi connectivity index (χ2v) is 22.4. The number of carbonyl (C=O) groups excluding carboxylic acids is 9. The number of carboxylic acid groups (broad SMARTS) is 1. The molecule has 35 heteroatoms. The van der Waals surface area contributed by atoms with Crippen molar-refractivity contribution in [3.63, 3.8) is 0 Å². The molecule has 0 saturated carbocycles. The second-order valence-electron chi connectivity index (χ2n) is 22.4. The first-order chi connectivity index (χ1) is 42.8. The van der Waals surface area contributed by atoms with Crippen LogP contribution in [0.2, 0.25) is 0 Å². The van der Waals surface area contributed by atoms with Crippen LogP contribution in [0.4, 0.5) is 0 Å². The Kier molecular flexibility index (Phi) is 30.5. The van der Waals surface area contributed by atoms with Gasteiger partial charge in [-0.15, -0.1) is 0 Å². The van der Waals surface area contributed by atoms with Crippen LogP contribution in [0.25, 0.3) is 0 Å². The first kappa shape index (κ1) is 73.1. The zero-order valence-electron chi connectivity index (χ0n) is 51.0. The molecule has 496 valence electrons. The van der Waals surface area contributed by atoms with Crippen LogP contribution >= 0.6 is 0 Å². The molecule has 9 amide bonds. The minimum Gasteiger partial charge on any atom is -0.480 e. The lowest BCUT2D eigenvalue weighted by Gasteiger charge is -2.28. The van der Waals surface area contributed by atoms with Gasteiger partial charge >= 0.3 is 5.97 Å². The van der Waals surface area contributed by atoms with Gasteiger partial charge in [-0.05, 0) is 70.3 Å². The SMILES string of the molecule is CC(C)C[C@H](NC(=O)[C@H](Cc1c[nH]cn1)NC(=O)[C@H](Cc1c[nH]cn1)NC(=O)[C@H](CCCCN)NC(=O)[C@H](Cc1c[nH]cn1)NC(=O)[C@H](CC(C)C)NC(=O)[C@@H](N)Cc1c[nH]cn1)C(=O)N[C@@H](CCCNC(=N)N)C(=O)N[C@@H](CO)C(=O)N[C@H](C(=O)O)[C@@H](C)O. The van der Waals surface area contributed by atoms with Crippen molar-refractivity contribution in [1.82, 2.24) is 93.0 Å². The zero-order valence-corrected chi connectivity index (χ0v) is 51.0. The van der Waals surface area contributed by atoms with E-state index < -0.39 is 138 Å². The van der Waals surface area contributed by atoms with Gasteiger partial charge in [-0.1, -0.05) is 27.7 Å². The Morgan fingerprint density at radius 3 is 1.17 bits per heavy atom. The molecule has 4 aromatic heterocycles. The van der Waals surface area contributed by atoms with Crippen molar-refractivity contribution in [2.75, 3.05) is 19.7 Å². The largest absolute Gasteiger partial charge is 0.480 e. The lowest BCUT2D eigenvalue weighted by Crippen LogP contribution is -2.61. The number of aliphatic hydroxyl groups is 2. The molecule has 4 rings (SSSR count). The normalized spacial score (nSPS) is 15.0. The van der Waals surface area contributed by atoms with Crippen LogP contribution in [0, 0.1) is 17.2 Å². The number of guanidine groups is 1. The number of hydrogen-bond donors (Lipinski definition) is 21. The average molecular weight is 1270 g/mol. The van der Waals surface area contributed by atoms with Crippen LogP contribution < -0.4 is 70.4 Å². The Balaban J connectivity index is 1.62. The van der Waals surface area contributed by atoms with E-state index in [1.807, 2.05) is 19.2 Å². The van der Waals surface area contributed by atoms with Crippen LogP contribution in [0.1, 0.15) is 102 Å². The van der Waals surface area contributed by atoms with E-state index in [0.29, 0.717) is 29.9 Å². The summed E-state index contributed by atoms with van der Waals surface area (Å²) in [5.41, 5.74) is 18.9. The number of amides is 9. The smallest absolute Gasteiger partial charge is 0.328 e. The van der Waals surface area contributed by atoms with E-state index in [9.17, 15) is 63.3 Å². The second kappa shape index (κ2) is 37.5. The zero-order chi connectivity index (χ0) is 66.5. The molecule has 0 saturated heterocycles. The number of nitrogens with one attached hydrogen (secondary N) is 15. The van der Waals surface area contributed by atoms with Gasteiger partial charge < -0.3 is 106 Å². The molecule has 0 aromatic carbocycles. The minimum atomic E-state index is -1.81. The molecule has 24 N–H and O–H groups in total. The van der Waals surface area contributed by atoms with Crippen molar-refractivity contribution in [1.29, 1.82) is 5.41 Å². The number of nitrogens with zero attached hydrogens (tertiary/aromatic N) is 4. The first-order valence-electron chi connectivity index (χ1n) is 29.5. The summed E-state index contributed by atoms with van der Waals surface area (Å²) in [7, 11) is 0. The maximum atomic E-state index is 14.8. The molecular formula is C55H88N22O13. The van der Waals surface area contributed by atoms with Gasteiger partial charge in [-0.2, -0.15) is 0 Å². The Hall–Kier alpha value is -9.35. The third-order valence-corrected chi connectivity index (χ3v) is 13.9. The predicted octanol–water partition coefficient (Wildman–Crippen LogP) is -5.52. The highest BCUT2D eigenvalue weighted by atomic mass is 16.4. The van der Waals surface area contributed by atoms with E-state index in [4.69, 9.17) is 22.6 Å². The third kappa shape index (κ3) is 25.4. The summed E-state index contributed by atoms with van der Waals surface area (Å²) in [4.78, 5) is 167. The topological polar surface area (TPSA) is 568 Å². The number of aliphatic hydroxyl groups excluding tert-OH is 2. The van der Waals surface area contributed by atoms with Gasteiger partial charge in [-0.3, -0.25) is 48.6 Å². The van der Waals surface area contributed by atoms with E-state index in [1.165, 1.54) is 43.9 Å². The fraction of sp³-hybridized carbons (Fsp3) is 0.582. The number of rotatable bonds is 41. The Morgan fingerprint density at radius 2 is 0.822 bits per heavy atom. The van der Waals surface area contributed by atoms with E-state index in [2.05, 4.69) is 87.7 Å². The fourth-order valence-electron chi connectivity index (χ4n) is 9.17. The van der Waals surface area contributed by atoms with Crippen molar-refractivity contribution < 1.29 is 63.3 Å². The summed E-state index contributed by atoms with van der Waals surface area (Å²) in [5, 5.41) is 62.7. The quantitative estimate of drug-likeness (QED) is 0.0112. The minimum absolute atomic E-state index is 0.00957. The van der Waals surface area contributed by atoms with Crippen LogP contribution in [-0.4, -0.2) is 207 Å². The standard InChI is InChI=1S/C55H88N22O13/c1-28(2)13-38(71-45(80)35(57)15-31-19-60-24-65-31)49(84)74-40(16-32-20-61-25-66-32)50(85)69-36(9-6-7-11-56)46(81)73-41(17-33-21-62-26-67-33)52(87)75-42(18-34-22-63-27-68-34)51(86)72-39(14-29(3)4)48(83)70-37(10-8-12-64-55(58)59)47(82)76-43(23-78)53(88)77-44(30(5)79)54(89)90/h19-22,24-30,35-44,78-79H,6-18,23,56-57H2,1-5H3,(H,60,65)(H,61,66)(H,62,67)(H,63,68)(H,69,85)(H,70,83)(H,71,80)(H,72,86)(H,73,81)(H,74,84)(H,75,87)(H,76,82)(H,77,88)(H,89,90)(H4,58,59,64)/t30-,35+,36+,37+,38+,39+,40+,41+,42+,43+,44+/m1/s1. The number of nitrogens with two attached hydrogens (primary N) is 3. The van der Waals surface area contributed by atoms with Crippen LogP contribution in [0.15, 0.2) is 50.1 Å². The number of hydrogen-bond acceptors (Lipinski definition) is 19. The fourth-order valence-corrected chi connectivity index (χ4v) is 9.17. The number of imidazole rings is 4. The molecule has 0 spiro atoms. The molecular weight excluding hydrogens is 1180 g/mol. The van der Waals surface area contributed by atoms with Gasteiger partial charge in [0.2, 0.25) is 53.2 Å². The molecule has 0 aliphatic heterocycles. The summed E-state index contributed by atoms with van der Waals surface area (Å²) in [6, 6.07) is -14.5. The van der Waals surface area contributed by atoms with Gasteiger partial charge in [0.1, 0.15) is 48.3 Å². The molecule has 90 heavy (non-hydrogen) atoms. The van der Waals surface area contributed by atoms with E-state index in [1.54, 1.807) is 20.0 Å². The molecule has 0 aliphatic rings. The first-order valence-corrected chi connectivity index (χ1v) is 29.5. The molecule has 4 aromatic rings. The van der Waals surface area contributed by atoms with Gasteiger partial charge in [0.15, 0.2) is 12.0 Å². The number of carbonyl (C=O) groups is 10. The number of unbranched alkanes of at least 4 members (excludes halogenated alkanes) is 1. The maximum absolute atomic E-state index is 14.8. The monoisotopic (exact) mass is 1260 g/mol. The molecule has 0 bridgehead atoms. The summed E-state index contributed by atoms with van der Waals surface area (Å²) >= 11 is 0. The summed E-state index contributed by atoms with van der Waals surface area (Å²) in [6.07, 6.45) is 10.0. The van der Waals surface area contributed by atoms with Crippen molar-refractivity contribution in [2.45, 2.75) is 172 Å². The number of H-pyrrole nitrogens is 4. The van der Waals surface area contributed by atoms with Crippen LogP contribution in [0.3, 0.4) is 0 Å². The van der Waals surface area contributed by atoms with Crippen molar-refractivity contribution in [2.24, 2.45) is 29.0 Å². The van der Waals surface area contributed by atoms with E-state index >= 15 is 0 Å².